The highest BCUT2D eigenvalue weighted by Crippen LogP contribution is 2.28. The average Bonchev–Trinajstić information content (AvgIpc) is 2.52. The van der Waals surface area contributed by atoms with Gasteiger partial charge in [-0.25, -0.2) is 8.78 Å². The molecule has 2 aromatic carbocycles. The lowest BCUT2D eigenvalue weighted by molar-refractivity contribution is -0.144. The van der Waals surface area contributed by atoms with Crippen molar-refractivity contribution >= 4 is 5.97 Å². The molecule has 1 unspecified atom stereocenters. The normalized spacial score (nSPS) is 11.8. The molecule has 0 fully saturated rings. The highest BCUT2D eigenvalue weighted by atomic mass is 19.1. The first kappa shape index (κ1) is 16.9. The zero-order chi connectivity index (χ0) is 16.8. The standard InChI is InChI=1S/C17H17F2NO3/c1-2-22-17(21)14(20)9-11-5-3-4-6-15(11)23-16-8-7-12(18)10-13(16)19/h3-8,10,14H,2,9,20H2,1H3. The molecule has 0 bridgehead atoms. The van der Waals surface area contributed by atoms with Crippen LogP contribution in [-0.2, 0) is 16.0 Å². The van der Waals surface area contributed by atoms with E-state index in [4.69, 9.17) is 15.2 Å². The fourth-order valence-electron chi connectivity index (χ4n) is 2.02. The van der Waals surface area contributed by atoms with Gasteiger partial charge in [0.15, 0.2) is 11.6 Å². The van der Waals surface area contributed by atoms with Crippen molar-refractivity contribution in [1.29, 1.82) is 0 Å². The Bertz CT molecular complexity index is 691. The molecular weight excluding hydrogens is 304 g/mol. The van der Waals surface area contributed by atoms with Gasteiger partial charge >= 0.3 is 5.97 Å². The molecule has 0 aliphatic carbocycles. The molecule has 2 N–H and O–H groups in total. The van der Waals surface area contributed by atoms with Crippen LogP contribution in [0.1, 0.15) is 12.5 Å². The van der Waals surface area contributed by atoms with Crippen LogP contribution in [0.15, 0.2) is 42.5 Å². The molecule has 0 saturated heterocycles. The number of esters is 1. The van der Waals surface area contributed by atoms with Crippen molar-refractivity contribution in [2.24, 2.45) is 5.73 Å². The van der Waals surface area contributed by atoms with Crippen molar-refractivity contribution in [1.82, 2.24) is 0 Å². The van der Waals surface area contributed by atoms with Gasteiger partial charge in [0.1, 0.15) is 17.6 Å². The summed E-state index contributed by atoms with van der Waals surface area (Å²) in [6.07, 6.45) is 0.178. The molecule has 23 heavy (non-hydrogen) atoms. The summed E-state index contributed by atoms with van der Waals surface area (Å²) in [5.74, 6) is -1.78. The molecule has 0 aliphatic heterocycles. The van der Waals surface area contributed by atoms with Gasteiger partial charge in [-0.3, -0.25) is 4.79 Å². The van der Waals surface area contributed by atoms with E-state index in [9.17, 15) is 13.6 Å². The Kier molecular flexibility index (Phi) is 5.65. The van der Waals surface area contributed by atoms with Crippen LogP contribution in [0.2, 0.25) is 0 Å². The van der Waals surface area contributed by atoms with Crippen LogP contribution in [0.4, 0.5) is 8.78 Å². The molecule has 0 saturated carbocycles. The number of hydrogen-bond acceptors (Lipinski definition) is 4. The van der Waals surface area contributed by atoms with Crippen LogP contribution in [-0.4, -0.2) is 18.6 Å². The summed E-state index contributed by atoms with van der Waals surface area (Å²) in [5.41, 5.74) is 6.42. The minimum atomic E-state index is -0.849. The predicted molar refractivity (Wildman–Crippen MR) is 81.2 cm³/mol. The Morgan fingerprint density at radius 1 is 1.17 bits per heavy atom. The number of carbonyl (C=O) groups is 1. The first-order chi connectivity index (χ1) is 11.0. The summed E-state index contributed by atoms with van der Waals surface area (Å²) < 4.78 is 37.0. The fourth-order valence-corrected chi connectivity index (χ4v) is 2.02. The van der Waals surface area contributed by atoms with Crippen LogP contribution in [0.3, 0.4) is 0 Å². The van der Waals surface area contributed by atoms with Crippen LogP contribution < -0.4 is 10.5 Å². The van der Waals surface area contributed by atoms with Crippen LogP contribution >= 0.6 is 0 Å². The Morgan fingerprint density at radius 2 is 1.91 bits per heavy atom. The zero-order valence-corrected chi connectivity index (χ0v) is 12.6. The van der Waals surface area contributed by atoms with Crippen LogP contribution in [0, 0.1) is 11.6 Å². The van der Waals surface area contributed by atoms with Crippen molar-refractivity contribution in [2.45, 2.75) is 19.4 Å². The minimum absolute atomic E-state index is 0.108. The molecule has 122 valence electrons. The van der Waals surface area contributed by atoms with Gasteiger partial charge < -0.3 is 15.2 Å². The number of carbonyl (C=O) groups excluding carboxylic acids is 1. The maximum absolute atomic E-state index is 13.7. The zero-order valence-electron chi connectivity index (χ0n) is 12.6. The van der Waals surface area contributed by atoms with E-state index >= 15 is 0 Å². The lowest BCUT2D eigenvalue weighted by atomic mass is 10.1. The smallest absolute Gasteiger partial charge is 0.323 e. The van der Waals surface area contributed by atoms with E-state index in [-0.39, 0.29) is 18.8 Å². The van der Waals surface area contributed by atoms with E-state index in [0.29, 0.717) is 11.3 Å². The molecule has 0 radical (unpaired) electrons. The van der Waals surface area contributed by atoms with Crippen molar-refractivity contribution in [3.8, 4) is 11.5 Å². The van der Waals surface area contributed by atoms with Gasteiger partial charge in [-0.05, 0) is 30.7 Å². The second-order valence-corrected chi connectivity index (χ2v) is 4.85. The van der Waals surface area contributed by atoms with Gasteiger partial charge in [-0.1, -0.05) is 18.2 Å². The Labute approximate surface area is 132 Å². The first-order valence-corrected chi connectivity index (χ1v) is 7.14. The number of benzene rings is 2. The highest BCUT2D eigenvalue weighted by Gasteiger charge is 2.18. The maximum atomic E-state index is 13.7. The van der Waals surface area contributed by atoms with Gasteiger partial charge in [0.2, 0.25) is 0 Å². The molecule has 0 aliphatic rings. The molecule has 4 nitrogen and oxygen atoms in total. The number of nitrogens with two attached hydrogens (primary N) is 1. The monoisotopic (exact) mass is 321 g/mol. The largest absolute Gasteiger partial charge is 0.465 e. The second kappa shape index (κ2) is 7.69. The van der Waals surface area contributed by atoms with E-state index in [0.717, 1.165) is 12.1 Å². The Morgan fingerprint density at radius 3 is 2.61 bits per heavy atom. The number of hydrogen-bond donors (Lipinski definition) is 1. The molecule has 0 amide bonds. The van der Waals surface area contributed by atoms with Crippen molar-refractivity contribution in [3.05, 3.63) is 59.7 Å². The first-order valence-electron chi connectivity index (χ1n) is 7.14. The maximum Gasteiger partial charge on any atom is 0.323 e. The summed E-state index contributed by atoms with van der Waals surface area (Å²) in [6.45, 7) is 1.93. The average molecular weight is 321 g/mol. The Hall–Kier alpha value is -2.47. The van der Waals surface area contributed by atoms with Gasteiger partial charge in [-0.15, -0.1) is 0 Å². The number of rotatable bonds is 6. The topological polar surface area (TPSA) is 61.5 Å². The van der Waals surface area contributed by atoms with Gasteiger partial charge in [0.25, 0.3) is 0 Å². The number of halogens is 2. The lowest BCUT2D eigenvalue weighted by Crippen LogP contribution is -2.34. The van der Waals surface area contributed by atoms with E-state index in [2.05, 4.69) is 0 Å². The Balaban J connectivity index is 2.18. The third-order valence-corrected chi connectivity index (χ3v) is 3.12. The van der Waals surface area contributed by atoms with Crippen LogP contribution in [0.25, 0.3) is 0 Å². The molecule has 2 rings (SSSR count). The summed E-state index contributed by atoms with van der Waals surface area (Å²) >= 11 is 0. The van der Waals surface area contributed by atoms with E-state index in [1.807, 2.05) is 0 Å². The molecule has 0 spiro atoms. The fraction of sp³-hybridized carbons (Fsp3) is 0.235. The van der Waals surface area contributed by atoms with Gasteiger partial charge in [0, 0.05) is 12.5 Å². The predicted octanol–water partition coefficient (Wildman–Crippen LogP) is 3.19. The lowest BCUT2D eigenvalue weighted by Gasteiger charge is -2.14. The summed E-state index contributed by atoms with van der Waals surface area (Å²) in [7, 11) is 0. The van der Waals surface area contributed by atoms with E-state index in [1.54, 1.807) is 31.2 Å². The quantitative estimate of drug-likeness (QED) is 0.830. The number of ether oxygens (including phenoxy) is 2. The second-order valence-electron chi connectivity index (χ2n) is 4.85. The van der Waals surface area contributed by atoms with E-state index in [1.165, 1.54) is 6.07 Å². The van der Waals surface area contributed by atoms with E-state index < -0.39 is 23.6 Å². The van der Waals surface area contributed by atoms with Crippen molar-refractivity contribution in [2.75, 3.05) is 6.61 Å². The molecule has 1 atom stereocenters. The van der Waals surface area contributed by atoms with Crippen molar-refractivity contribution in [3.63, 3.8) is 0 Å². The highest BCUT2D eigenvalue weighted by molar-refractivity contribution is 5.76. The summed E-state index contributed by atoms with van der Waals surface area (Å²) in [6, 6.07) is 8.99. The third kappa shape index (κ3) is 4.50. The summed E-state index contributed by atoms with van der Waals surface area (Å²) in [4.78, 5) is 11.6. The molecule has 2 aromatic rings. The van der Waals surface area contributed by atoms with Gasteiger partial charge in [0.05, 0.1) is 6.61 Å². The van der Waals surface area contributed by atoms with Crippen molar-refractivity contribution < 1.29 is 23.0 Å². The molecular formula is C17H17F2NO3. The number of para-hydroxylation sites is 1. The minimum Gasteiger partial charge on any atom is -0.465 e. The SMILES string of the molecule is CCOC(=O)C(N)Cc1ccccc1Oc1ccc(F)cc1F. The molecule has 0 heterocycles. The molecule has 6 heteroatoms. The molecule has 0 aromatic heterocycles. The third-order valence-electron chi connectivity index (χ3n) is 3.12. The van der Waals surface area contributed by atoms with Crippen LogP contribution in [0.5, 0.6) is 11.5 Å². The summed E-state index contributed by atoms with van der Waals surface area (Å²) in [5, 5.41) is 0. The van der Waals surface area contributed by atoms with Gasteiger partial charge in [-0.2, -0.15) is 0 Å².